The molecule has 4 nitrogen and oxygen atoms in total. The van der Waals surface area contributed by atoms with E-state index in [1.807, 2.05) is 0 Å². The molecule has 0 aromatic carbocycles. The molecule has 2 atom stereocenters. The van der Waals surface area contributed by atoms with Crippen LogP contribution >= 0.6 is 0 Å². The van der Waals surface area contributed by atoms with Crippen molar-refractivity contribution in [2.45, 2.75) is 45.2 Å². The lowest BCUT2D eigenvalue weighted by Crippen LogP contribution is -2.47. The first kappa shape index (κ1) is 12.5. The summed E-state index contributed by atoms with van der Waals surface area (Å²) in [5.74, 6) is -0.0566. The molecule has 0 bridgehead atoms. The minimum atomic E-state index is -0.404. The smallest absolute Gasteiger partial charge is 0.236 e. The summed E-state index contributed by atoms with van der Waals surface area (Å²) in [5, 5.41) is 2.87. The zero-order chi connectivity index (χ0) is 11.3. The van der Waals surface area contributed by atoms with Gasteiger partial charge < -0.3 is 11.1 Å². The minimum absolute atomic E-state index is 0.0566. The fourth-order valence-corrected chi connectivity index (χ4v) is 1.90. The van der Waals surface area contributed by atoms with Crippen molar-refractivity contribution in [2.24, 2.45) is 5.73 Å². The van der Waals surface area contributed by atoms with E-state index >= 15 is 0 Å². The van der Waals surface area contributed by atoms with Crippen molar-refractivity contribution in [3.63, 3.8) is 0 Å². The lowest BCUT2D eigenvalue weighted by atomic mass is 10.1. The van der Waals surface area contributed by atoms with E-state index in [0.29, 0.717) is 12.6 Å². The Hall–Kier alpha value is -0.610. The highest BCUT2D eigenvalue weighted by atomic mass is 16.2. The molecule has 3 N–H and O–H groups in total. The van der Waals surface area contributed by atoms with Crippen LogP contribution in [0.25, 0.3) is 0 Å². The second-order valence-electron chi connectivity index (χ2n) is 4.48. The summed E-state index contributed by atoms with van der Waals surface area (Å²) in [5.41, 5.74) is 5.47. The predicted molar refractivity (Wildman–Crippen MR) is 61.5 cm³/mol. The molecule has 0 aromatic rings. The Kier molecular flexibility index (Phi) is 5.05. The summed E-state index contributed by atoms with van der Waals surface area (Å²) in [7, 11) is 0. The number of carbonyl (C=O) groups excluding carboxylic acids is 1. The third kappa shape index (κ3) is 4.18. The molecule has 1 amide bonds. The Morgan fingerprint density at radius 3 is 2.47 bits per heavy atom. The van der Waals surface area contributed by atoms with Gasteiger partial charge in [0.25, 0.3) is 0 Å². The summed E-state index contributed by atoms with van der Waals surface area (Å²) in [6.45, 7) is 6.90. The molecule has 88 valence electrons. The van der Waals surface area contributed by atoms with Gasteiger partial charge in [-0.1, -0.05) is 6.42 Å². The maximum absolute atomic E-state index is 11.3. The molecule has 15 heavy (non-hydrogen) atoms. The maximum Gasteiger partial charge on any atom is 0.236 e. The summed E-state index contributed by atoms with van der Waals surface area (Å²) in [6.07, 6.45) is 3.91. The van der Waals surface area contributed by atoms with Crippen LogP contribution in [0.5, 0.6) is 0 Å². The Morgan fingerprint density at radius 1 is 1.33 bits per heavy atom. The van der Waals surface area contributed by atoms with Crippen molar-refractivity contribution < 1.29 is 4.79 Å². The fraction of sp³-hybridized carbons (Fsp3) is 0.909. The molecule has 1 aliphatic rings. The molecule has 0 aliphatic carbocycles. The third-order valence-corrected chi connectivity index (χ3v) is 3.00. The van der Waals surface area contributed by atoms with Gasteiger partial charge in [-0.15, -0.1) is 0 Å². The number of hydrogen-bond acceptors (Lipinski definition) is 3. The average molecular weight is 213 g/mol. The summed E-state index contributed by atoms with van der Waals surface area (Å²) >= 11 is 0. The molecule has 0 aromatic heterocycles. The highest BCUT2D eigenvalue weighted by Crippen LogP contribution is 2.11. The molecular weight excluding hydrogens is 190 g/mol. The van der Waals surface area contributed by atoms with Crippen molar-refractivity contribution in [3.05, 3.63) is 0 Å². The van der Waals surface area contributed by atoms with Crippen molar-refractivity contribution in [1.82, 2.24) is 10.2 Å². The normalized spacial score (nSPS) is 22.1. The zero-order valence-electron chi connectivity index (χ0n) is 9.83. The van der Waals surface area contributed by atoms with Crippen LogP contribution in [0, 0.1) is 0 Å². The first-order valence-electron chi connectivity index (χ1n) is 5.88. The predicted octanol–water partition coefficient (Wildman–Crippen LogP) is 0.324. The lowest BCUT2D eigenvalue weighted by molar-refractivity contribution is -0.122. The third-order valence-electron chi connectivity index (χ3n) is 3.00. The Balaban J connectivity index is 2.22. The largest absolute Gasteiger partial charge is 0.353 e. The lowest BCUT2D eigenvalue weighted by Gasteiger charge is -2.32. The highest BCUT2D eigenvalue weighted by Gasteiger charge is 2.17. The fourth-order valence-electron chi connectivity index (χ4n) is 1.90. The highest BCUT2D eigenvalue weighted by molar-refractivity contribution is 5.80. The van der Waals surface area contributed by atoms with Crippen molar-refractivity contribution in [3.8, 4) is 0 Å². The number of hydrogen-bond donors (Lipinski definition) is 2. The summed E-state index contributed by atoms with van der Waals surface area (Å²) in [6, 6.07) is 0.0200. The van der Waals surface area contributed by atoms with E-state index in [4.69, 9.17) is 5.73 Å². The molecule has 1 fully saturated rings. The quantitative estimate of drug-likeness (QED) is 0.707. The summed E-state index contributed by atoms with van der Waals surface area (Å²) in [4.78, 5) is 13.7. The van der Waals surface area contributed by atoms with Gasteiger partial charge in [0, 0.05) is 12.6 Å². The van der Waals surface area contributed by atoms with Crippen LogP contribution in [-0.2, 0) is 4.79 Å². The van der Waals surface area contributed by atoms with E-state index in [-0.39, 0.29) is 5.91 Å². The van der Waals surface area contributed by atoms with Gasteiger partial charge in [-0.3, -0.25) is 9.69 Å². The van der Waals surface area contributed by atoms with Crippen LogP contribution in [0.1, 0.15) is 33.1 Å². The first-order valence-corrected chi connectivity index (χ1v) is 5.88. The SMILES string of the molecule is CC(CNC(=O)[C@@H](C)N)N1CCCCC1. The number of amides is 1. The number of piperidine rings is 1. The van der Waals surface area contributed by atoms with Gasteiger partial charge in [0.1, 0.15) is 0 Å². The van der Waals surface area contributed by atoms with Crippen LogP contribution in [0.3, 0.4) is 0 Å². The molecule has 1 saturated heterocycles. The van der Waals surface area contributed by atoms with Crippen molar-refractivity contribution in [1.29, 1.82) is 0 Å². The Morgan fingerprint density at radius 2 is 1.93 bits per heavy atom. The van der Waals surface area contributed by atoms with E-state index in [9.17, 15) is 4.79 Å². The van der Waals surface area contributed by atoms with Gasteiger partial charge in [0.05, 0.1) is 6.04 Å². The molecule has 4 heteroatoms. The molecule has 1 aliphatic heterocycles. The molecule has 0 spiro atoms. The number of nitrogens with two attached hydrogens (primary N) is 1. The van der Waals surface area contributed by atoms with Gasteiger partial charge in [0.2, 0.25) is 5.91 Å². The second-order valence-corrected chi connectivity index (χ2v) is 4.48. The van der Waals surface area contributed by atoms with Gasteiger partial charge in [-0.2, -0.15) is 0 Å². The van der Waals surface area contributed by atoms with Crippen LogP contribution in [0.2, 0.25) is 0 Å². The molecule has 1 unspecified atom stereocenters. The standard InChI is InChI=1S/C11H23N3O/c1-9(8-13-11(15)10(2)12)14-6-4-3-5-7-14/h9-10H,3-8,12H2,1-2H3,(H,13,15)/t9?,10-/m1/s1. The monoisotopic (exact) mass is 213 g/mol. The maximum atomic E-state index is 11.3. The molecule has 1 rings (SSSR count). The van der Waals surface area contributed by atoms with E-state index in [0.717, 1.165) is 13.1 Å². The average Bonchev–Trinajstić information content (AvgIpc) is 2.26. The number of nitrogens with one attached hydrogen (secondary N) is 1. The number of likely N-dealkylation sites (tertiary alicyclic amines) is 1. The van der Waals surface area contributed by atoms with Gasteiger partial charge >= 0.3 is 0 Å². The van der Waals surface area contributed by atoms with E-state index in [1.54, 1.807) is 6.92 Å². The first-order chi connectivity index (χ1) is 7.11. The van der Waals surface area contributed by atoms with Gasteiger partial charge in [-0.25, -0.2) is 0 Å². The number of nitrogens with zero attached hydrogens (tertiary/aromatic N) is 1. The van der Waals surface area contributed by atoms with E-state index in [1.165, 1.54) is 19.3 Å². The minimum Gasteiger partial charge on any atom is -0.353 e. The topological polar surface area (TPSA) is 58.4 Å². The molecule has 0 radical (unpaired) electrons. The number of rotatable bonds is 4. The van der Waals surface area contributed by atoms with E-state index < -0.39 is 6.04 Å². The van der Waals surface area contributed by atoms with Crippen LogP contribution in [0.4, 0.5) is 0 Å². The van der Waals surface area contributed by atoms with Gasteiger partial charge in [-0.05, 0) is 39.8 Å². The zero-order valence-corrected chi connectivity index (χ0v) is 9.83. The number of carbonyl (C=O) groups is 1. The molecular formula is C11H23N3O. The van der Waals surface area contributed by atoms with Crippen LogP contribution in [-0.4, -0.2) is 42.5 Å². The molecule has 1 heterocycles. The van der Waals surface area contributed by atoms with Gasteiger partial charge in [0.15, 0.2) is 0 Å². The van der Waals surface area contributed by atoms with Crippen molar-refractivity contribution in [2.75, 3.05) is 19.6 Å². The van der Waals surface area contributed by atoms with E-state index in [2.05, 4.69) is 17.1 Å². The van der Waals surface area contributed by atoms with Crippen LogP contribution in [0.15, 0.2) is 0 Å². The Labute approximate surface area is 92.2 Å². The second kappa shape index (κ2) is 6.08. The molecule has 0 saturated carbocycles. The van der Waals surface area contributed by atoms with Crippen LogP contribution < -0.4 is 11.1 Å². The Bertz CT molecular complexity index is 200. The van der Waals surface area contributed by atoms with Crippen molar-refractivity contribution >= 4 is 5.91 Å². The summed E-state index contributed by atoms with van der Waals surface area (Å²) < 4.78 is 0.